The van der Waals surface area contributed by atoms with Crippen LogP contribution in [0.1, 0.15) is 42.1 Å². The number of halogens is 1. The van der Waals surface area contributed by atoms with E-state index in [1.165, 1.54) is 11.5 Å². The Morgan fingerprint density at radius 2 is 2.16 bits per heavy atom. The molecule has 1 fully saturated rings. The van der Waals surface area contributed by atoms with Crippen molar-refractivity contribution in [2.75, 3.05) is 19.6 Å². The van der Waals surface area contributed by atoms with E-state index >= 15 is 0 Å². The number of piperidine rings is 1. The zero-order valence-corrected chi connectivity index (χ0v) is 13.0. The van der Waals surface area contributed by atoms with Gasteiger partial charge in [-0.3, -0.25) is 4.79 Å². The molecule has 0 aromatic carbocycles. The first-order valence-corrected chi connectivity index (χ1v) is 7.22. The molecule has 2 rings (SSSR count). The van der Waals surface area contributed by atoms with Crippen LogP contribution in [0.5, 0.6) is 0 Å². The quantitative estimate of drug-likeness (QED) is 0.887. The standard InChI is InChI=1S/C12H20N4OS.ClH/c1-3-9-10(18-16-15-9)11(17)14-8-12(2)4-6-13-7-5-12;/h13H,3-8H2,1-2H3,(H,14,17);1H. The summed E-state index contributed by atoms with van der Waals surface area (Å²) < 4.78 is 3.85. The van der Waals surface area contributed by atoms with Crippen molar-refractivity contribution in [2.24, 2.45) is 5.41 Å². The van der Waals surface area contributed by atoms with E-state index in [1.54, 1.807) is 0 Å². The predicted molar refractivity (Wildman–Crippen MR) is 79.1 cm³/mol. The number of hydrogen-bond donors (Lipinski definition) is 2. The molecule has 2 heterocycles. The van der Waals surface area contributed by atoms with Crippen molar-refractivity contribution in [1.29, 1.82) is 0 Å². The Labute approximate surface area is 124 Å². The minimum atomic E-state index is -0.0263. The summed E-state index contributed by atoms with van der Waals surface area (Å²) in [5.74, 6) is -0.0263. The molecule has 0 bridgehead atoms. The van der Waals surface area contributed by atoms with Crippen molar-refractivity contribution in [3.63, 3.8) is 0 Å². The van der Waals surface area contributed by atoms with Crippen LogP contribution in [0.4, 0.5) is 0 Å². The SMILES string of the molecule is CCc1nnsc1C(=O)NCC1(C)CCNCC1.Cl. The molecule has 1 saturated heterocycles. The molecule has 0 unspecified atom stereocenters. The largest absolute Gasteiger partial charge is 0.351 e. The highest BCUT2D eigenvalue weighted by atomic mass is 35.5. The van der Waals surface area contributed by atoms with Crippen molar-refractivity contribution in [3.8, 4) is 0 Å². The zero-order valence-electron chi connectivity index (χ0n) is 11.4. The van der Waals surface area contributed by atoms with Gasteiger partial charge in [-0.1, -0.05) is 18.3 Å². The molecule has 1 aromatic rings. The molecular weight excluding hydrogens is 284 g/mol. The number of nitrogens with zero attached hydrogens (tertiary/aromatic N) is 2. The number of rotatable bonds is 4. The summed E-state index contributed by atoms with van der Waals surface area (Å²) in [4.78, 5) is 12.7. The Balaban J connectivity index is 0.00000180. The van der Waals surface area contributed by atoms with Crippen LogP contribution in [0, 0.1) is 5.41 Å². The van der Waals surface area contributed by atoms with E-state index in [9.17, 15) is 4.79 Å². The molecule has 1 amide bonds. The van der Waals surface area contributed by atoms with Crippen LogP contribution in [0.25, 0.3) is 0 Å². The van der Waals surface area contributed by atoms with Gasteiger partial charge in [0.25, 0.3) is 5.91 Å². The van der Waals surface area contributed by atoms with E-state index in [0.717, 1.165) is 44.6 Å². The number of amides is 1. The van der Waals surface area contributed by atoms with Crippen LogP contribution < -0.4 is 10.6 Å². The van der Waals surface area contributed by atoms with Gasteiger partial charge >= 0.3 is 0 Å². The van der Waals surface area contributed by atoms with E-state index in [1.807, 2.05) is 6.92 Å². The smallest absolute Gasteiger partial charge is 0.264 e. The topological polar surface area (TPSA) is 66.9 Å². The molecule has 0 radical (unpaired) electrons. The van der Waals surface area contributed by atoms with Gasteiger partial charge in [-0.25, -0.2) is 0 Å². The number of aromatic nitrogens is 2. The highest BCUT2D eigenvalue weighted by Crippen LogP contribution is 2.26. The lowest BCUT2D eigenvalue weighted by molar-refractivity contribution is 0.0925. The molecule has 5 nitrogen and oxygen atoms in total. The second-order valence-corrected chi connectivity index (χ2v) is 5.90. The molecule has 1 aromatic heterocycles. The van der Waals surface area contributed by atoms with Gasteiger partial charge in [0.15, 0.2) is 0 Å². The van der Waals surface area contributed by atoms with Gasteiger partial charge < -0.3 is 10.6 Å². The Bertz CT molecular complexity index is 418. The van der Waals surface area contributed by atoms with Crippen LogP contribution in [0.3, 0.4) is 0 Å². The first-order chi connectivity index (χ1) is 8.64. The maximum absolute atomic E-state index is 12.1. The molecule has 19 heavy (non-hydrogen) atoms. The van der Waals surface area contributed by atoms with Crippen molar-refractivity contribution < 1.29 is 4.79 Å². The summed E-state index contributed by atoms with van der Waals surface area (Å²) in [6.45, 7) is 7.03. The number of carbonyl (C=O) groups is 1. The van der Waals surface area contributed by atoms with Crippen LogP contribution in [-0.4, -0.2) is 35.1 Å². The fourth-order valence-electron chi connectivity index (χ4n) is 2.19. The van der Waals surface area contributed by atoms with E-state index in [4.69, 9.17) is 0 Å². The third-order valence-electron chi connectivity index (χ3n) is 3.58. The molecule has 0 spiro atoms. The number of nitrogens with one attached hydrogen (secondary N) is 2. The van der Waals surface area contributed by atoms with Gasteiger partial charge in [-0.05, 0) is 49.3 Å². The zero-order chi connectivity index (χ0) is 13.0. The van der Waals surface area contributed by atoms with E-state index in [2.05, 4.69) is 27.1 Å². The second kappa shape index (κ2) is 7.17. The summed E-state index contributed by atoms with van der Waals surface area (Å²) in [7, 11) is 0. The summed E-state index contributed by atoms with van der Waals surface area (Å²) in [5.41, 5.74) is 1.01. The number of carbonyl (C=O) groups excluding carboxylic acids is 1. The Hall–Kier alpha value is -0.720. The lowest BCUT2D eigenvalue weighted by Crippen LogP contribution is -2.42. The molecule has 2 N–H and O–H groups in total. The Kier molecular flexibility index (Phi) is 6.16. The monoisotopic (exact) mass is 304 g/mol. The third kappa shape index (κ3) is 4.12. The fourth-order valence-corrected chi connectivity index (χ4v) is 2.86. The maximum atomic E-state index is 12.1. The van der Waals surface area contributed by atoms with Crippen molar-refractivity contribution in [3.05, 3.63) is 10.6 Å². The molecule has 0 aliphatic carbocycles. The highest BCUT2D eigenvalue weighted by Gasteiger charge is 2.27. The van der Waals surface area contributed by atoms with Crippen molar-refractivity contribution in [1.82, 2.24) is 20.2 Å². The lowest BCUT2D eigenvalue weighted by Gasteiger charge is -2.34. The van der Waals surface area contributed by atoms with Crippen LogP contribution in [0.15, 0.2) is 0 Å². The summed E-state index contributed by atoms with van der Waals surface area (Å²) in [6, 6.07) is 0. The molecule has 0 saturated carbocycles. The third-order valence-corrected chi connectivity index (χ3v) is 4.35. The van der Waals surface area contributed by atoms with E-state index in [-0.39, 0.29) is 23.7 Å². The van der Waals surface area contributed by atoms with Crippen molar-refractivity contribution >= 4 is 29.8 Å². The molecule has 1 aliphatic heterocycles. The summed E-state index contributed by atoms with van der Waals surface area (Å²) >= 11 is 1.18. The molecule has 108 valence electrons. The molecule has 1 aliphatic rings. The van der Waals surface area contributed by atoms with E-state index in [0.29, 0.717) is 4.88 Å². The Morgan fingerprint density at radius 1 is 1.47 bits per heavy atom. The van der Waals surface area contributed by atoms with Crippen LogP contribution in [-0.2, 0) is 6.42 Å². The number of aryl methyl sites for hydroxylation is 1. The normalized spacial score (nSPS) is 17.6. The van der Waals surface area contributed by atoms with Gasteiger partial charge in [0.05, 0.1) is 5.69 Å². The fraction of sp³-hybridized carbons (Fsp3) is 0.750. The van der Waals surface area contributed by atoms with Gasteiger partial charge in [-0.15, -0.1) is 17.5 Å². The van der Waals surface area contributed by atoms with Gasteiger partial charge in [-0.2, -0.15) is 0 Å². The van der Waals surface area contributed by atoms with Crippen LogP contribution in [0.2, 0.25) is 0 Å². The minimum Gasteiger partial charge on any atom is -0.351 e. The molecular formula is C12H21ClN4OS. The summed E-state index contributed by atoms with van der Waals surface area (Å²) in [6.07, 6.45) is 2.96. The second-order valence-electron chi connectivity index (χ2n) is 5.15. The van der Waals surface area contributed by atoms with Gasteiger partial charge in [0.2, 0.25) is 0 Å². The molecule has 0 atom stereocenters. The average molecular weight is 305 g/mol. The maximum Gasteiger partial charge on any atom is 0.264 e. The lowest BCUT2D eigenvalue weighted by atomic mass is 9.81. The minimum absolute atomic E-state index is 0. The average Bonchev–Trinajstić information content (AvgIpc) is 2.85. The van der Waals surface area contributed by atoms with Crippen LogP contribution >= 0.6 is 23.9 Å². The highest BCUT2D eigenvalue weighted by molar-refractivity contribution is 7.08. The van der Waals surface area contributed by atoms with Crippen molar-refractivity contribution in [2.45, 2.75) is 33.1 Å². The van der Waals surface area contributed by atoms with E-state index < -0.39 is 0 Å². The first-order valence-electron chi connectivity index (χ1n) is 6.45. The first kappa shape index (κ1) is 16.3. The van der Waals surface area contributed by atoms with Gasteiger partial charge in [0.1, 0.15) is 4.88 Å². The molecule has 7 heteroatoms. The predicted octanol–water partition coefficient (Wildman–Crippen LogP) is 1.64. The summed E-state index contributed by atoms with van der Waals surface area (Å²) in [5, 5.41) is 10.3. The number of hydrogen-bond acceptors (Lipinski definition) is 5. The Morgan fingerprint density at radius 3 is 2.79 bits per heavy atom. The van der Waals surface area contributed by atoms with Gasteiger partial charge in [0, 0.05) is 6.54 Å².